The van der Waals surface area contributed by atoms with Crippen molar-refractivity contribution in [1.82, 2.24) is 10.2 Å². The normalized spacial score (nSPS) is 13.4. The molecule has 1 aromatic rings. The Morgan fingerprint density at radius 3 is 2.29 bits per heavy atom. The van der Waals surface area contributed by atoms with Gasteiger partial charge in [0.05, 0.1) is 0 Å². The van der Waals surface area contributed by atoms with Gasteiger partial charge in [-0.2, -0.15) is 0 Å². The number of nitrogens with zero attached hydrogens (tertiary/aromatic N) is 1. The molecule has 0 aromatic heterocycles. The second kappa shape index (κ2) is 12.6. The number of aliphatic carboxylic acids is 1. The number of carboxylic acid groups (broad SMARTS) is 1. The van der Waals surface area contributed by atoms with Crippen molar-refractivity contribution in [1.29, 1.82) is 0 Å². The summed E-state index contributed by atoms with van der Waals surface area (Å²) in [5.41, 5.74) is -0.524. The van der Waals surface area contributed by atoms with Crippen LogP contribution in [0.1, 0.15) is 85.6 Å². The molecule has 31 heavy (non-hydrogen) atoms. The largest absolute Gasteiger partial charge is 0.478 e. The smallest absolute Gasteiger partial charge is 0.347 e. The molecule has 176 valence electrons. The second-order valence-electron chi connectivity index (χ2n) is 9.47. The van der Waals surface area contributed by atoms with Gasteiger partial charge in [-0.1, -0.05) is 51.7 Å². The van der Waals surface area contributed by atoms with Crippen LogP contribution in [0, 0.1) is 0 Å². The van der Waals surface area contributed by atoms with Crippen molar-refractivity contribution in [3.63, 3.8) is 0 Å². The summed E-state index contributed by atoms with van der Waals surface area (Å²) in [5, 5.41) is 12.5. The van der Waals surface area contributed by atoms with E-state index in [9.17, 15) is 14.7 Å². The van der Waals surface area contributed by atoms with Crippen molar-refractivity contribution in [3.8, 4) is 5.75 Å². The van der Waals surface area contributed by atoms with Crippen LogP contribution < -0.4 is 10.1 Å². The first-order valence-corrected chi connectivity index (χ1v) is 11.6. The molecule has 0 fully saturated rings. The van der Waals surface area contributed by atoms with E-state index in [4.69, 9.17) is 4.74 Å². The van der Waals surface area contributed by atoms with E-state index in [1.807, 2.05) is 43.9 Å². The number of benzene rings is 1. The van der Waals surface area contributed by atoms with Crippen molar-refractivity contribution in [2.24, 2.45) is 0 Å². The second-order valence-corrected chi connectivity index (χ2v) is 9.47. The molecular weight excluding hydrogens is 392 g/mol. The first-order valence-electron chi connectivity index (χ1n) is 11.6. The van der Waals surface area contributed by atoms with Crippen molar-refractivity contribution < 1.29 is 19.4 Å². The zero-order chi connectivity index (χ0) is 23.5. The Hall–Kier alpha value is -2.24. The van der Waals surface area contributed by atoms with Crippen molar-refractivity contribution in [3.05, 3.63) is 29.8 Å². The van der Waals surface area contributed by atoms with Crippen molar-refractivity contribution in [2.75, 3.05) is 13.1 Å². The minimum atomic E-state index is -1.25. The molecule has 0 spiro atoms. The predicted octanol–water partition coefficient (Wildman–Crippen LogP) is 5.64. The topological polar surface area (TPSA) is 78.9 Å². The van der Waals surface area contributed by atoms with E-state index in [0.29, 0.717) is 25.1 Å². The van der Waals surface area contributed by atoms with Crippen LogP contribution in [0.3, 0.4) is 0 Å². The molecule has 1 unspecified atom stereocenters. The van der Waals surface area contributed by atoms with Gasteiger partial charge < -0.3 is 20.1 Å². The zero-order valence-electron chi connectivity index (χ0n) is 20.3. The minimum Gasteiger partial charge on any atom is -0.478 e. The maximum atomic E-state index is 12.8. The van der Waals surface area contributed by atoms with Gasteiger partial charge in [0.15, 0.2) is 0 Å². The predicted molar refractivity (Wildman–Crippen MR) is 126 cm³/mol. The van der Waals surface area contributed by atoms with Gasteiger partial charge in [0.25, 0.3) is 0 Å². The van der Waals surface area contributed by atoms with E-state index >= 15 is 0 Å². The van der Waals surface area contributed by atoms with Gasteiger partial charge in [-0.15, -0.1) is 0 Å². The first-order chi connectivity index (χ1) is 14.5. The number of carbonyl (C=O) groups is 2. The highest BCUT2D eigenvalue weighted by Crippen LogP contribution is 2.23. The van der Waals surface area contributed by atoms with Crippen LogP contribution in [0.2, 0.25) is 0 Å². The minimum absolute atomic E-state index is 0.0418. The summed E-state index contributed by atoms with van der Waals surface area (Å²) in [5.74, 6) is -0.442. The highest BCUT2D eigenvalue weighted by atomic mass is 16.5. The van der Waals surface area contributed by atoms with E-state index < -0.39 is 11.6 Å². The van der Waals surface area contributed by atoms with Gasteiger partial charge in [0.2, 0.25) is 5.60 Å². The first kappa shape index (κ1) is 26.8. The number of unbranched alkanes of at least 4 members (excludes halogenated alkanes) is 4. The summed E-state index contributed by atoms with van der Waals surface area (Å²) in [6, 6.07) is 7.46. The third-order valence-corrected chi connectivity index (χ3v) is 5.34. The highest BCUT2D eigenvalue weighted by Gasteiger charge is 2.33. The van der Waals surface area contributed by atoms with Gasteiger partial charge in [0, 0.05) is 18.6 Å². The number of hydrogen-bond acceptors (Lipinski definition) is 3. The van der Waals surface area contributed by atoms with Crippen LogP contribution in [0.25, 0.3) is 0 Å². The number of carboxylic acids is 1. The summed E-state index contributed by atoms with van der Waals surface area (Å²) < 4.78 is 5.78. The fourth-order valence-corrected chi connectivity index (χ4v) is 3.18. The quantitative estimate of drug-likeness (QED) is 0.394. The van der Waals surface area contributed by atoms with Crippen molar-refractivity contribution in [2.45, 2.75) is 97.6 Å². The van der Waals surface area contributed by atoms with Crippen LogP contribution in [-0.2, 0) is 11.2 Å². The summed E-state index contributed by atoms with van der Waals surface area (Å²) >= 11 is 0. The number of rotatable bonds is 13. The molecule has 0 aliphatic heterocycles. The molecule has 6 heteroatoms. The van der Waals surface area contributed by atoms with E-state index in [1.165, 1.54) is 19.3 Å². The van der Waals surface area contributed by atoms with E-state index in [0.717, 1.165) is 24.9 Å². The molecule has 0 heterocycles. The summed E-state index contributed by atoms with van der Waals surface area (Å²) in [4.78, 5) is 26.2. The number of amides is 2. The van der Waals surface area contributed by atoms with E-state index in [2.05, 4.69) is 12.2 Å². The van der Waals surface area contributed by atoms with Gasteiger partial charge in [0.1, 0.15) is 5.75 Å². The lowest BCUT2D eigenvalue weighted by Gasteiger charge is -2.29. The highest BCUT2D eigenvalue weighted by molar-refractivity contribution is 5.77. The number of nitrogens with one attached hydrogen (secondary N) is 1. The van der Waals surface area contributed by atoms with E-state index in [-0.39, 0.29) is 11.6 Å². The van der Waals surface area contributed by atoms with Crippen LogP contribution >= 0.6 is 0 Å². The van der Waals surface area contributed by atoms with Crippen LogP contribution in [0.4, 0.5) is 4.79 Å². The molecule has 0 bridgehead atoms. The van der Waals surface area contributed by atoms with Gasteiger partial charge >= 0.3 is 12.0 Å². The van der Waals surface area contributed by atoms with Gasteiger partial charge in [-0.05, 0) is 64.7 Å². The molecular formula is C25H42N2O4. The third kappa shape index (κ3) is 10.1. The molecule has 1 aromatic carbocycles. The van der Waals surface area contributed by atoms with Gasteiger partial charge in [-0.25, -0.2) is 9.59 Å². The third-order valence-electron chi connectivity index (χ3n) is 5.34. The van der Waals surface area contributed by atoms with Crippen LogP contribution in [-0.4, -0.2) is 46.2 Å². The number of hydrogen-bond donors (Lipinski definition) is 2. The van der Waals surface area contributed by atoms with Gasteiger partial charge in [-0.3, -0.25) is 0 Å². The fourth-order valence-electron chi connectivity index (χ4n) is 3.18. The Morgan fingerprint density at radius 1 is 1.03 bits per heavy atom. The number of ether oxygens (including phenoxy) is 1. The Bertz CT molecular complexity index is 699. The Kier molecular flexibility index (Phi) is 10.9. The molecule has 2 N–H and O–H groups in total. The Morgan fingerprint density at radius 2 is 1.71 bits per heavy atom. The molecule has 6 nitrogen and oxygen atoms in total. The lowest BCUT2D eigenvalue weighted by molar-refractivity contribution is -0.154. The van der Waals surface area contributed by atoms with E-state index in [1.54, 1.807) is 19.9 Å². The summed E-state index contributed by atoms with van der Waals surface area (Å²) in [6.07, 6.45) is 6.80. The van der Waals surface area contributed by atoms with Crippen molar-refractivity contribution >= 4 is 12.0 Å². The molecule has 0 saturated carbocycles. The number of urea groups is 1. The molecule has 1 atom stereocenters. The molecule has 0 aliphatic rings. The molecule has 0 radical (unpaired) electrons. The molecule has 2 amide bonds. The summed E-state index contributed by atoms with van der Waals surface area (Å²) in [7, 11) is 0. The lowest BCUT2D eigenvalue weighted by Crippen LogP contribution is -2.49. The number of carbonyl (C=O) groups excluding carboxylic acids is 1. The lowest BCUT2D eigenvalue weighted by atomic mass is 10.0. The fraction of sp³-hybridized carbons (Fsp3) is 0.680. The summed E-state index contributed by atoms with van der Waals surface area (Å²) in [6.45, 7) is 12.9. The van der Waals surface area contributed by atoms with Crippen LogP contribution in [0.15, 0.2) is 24.3 Å². The molecule has 1 rings (SSSR count). The molecule has 0 aliphatic carbocycles. The maximum absolute atomic E-state index is 12.8. The Labute approximate surface area is 188 Å². The average Bonchev–Trinajstić information content (AvgIpc) is 2.68. The SMILES string of the molecule is CCCCCCCN(CCc1cccc(OC(C)(CC)C(=O)O)c1)C(=O)NC(C)(C)C. The van der Waals surface area contributed by atoms with Crippen LogP contribution in [0.5, 0.6) is 5.75 Å². The standard InChI is InChI=1S/C25H42N2O4/c1-7-9-10-11-12-17-27(23(30)26-24(3,4)5)18-16-20-14-13-15-21(19-20)31-25(6,8-2)22(28)29/h13-15,19H,7-12,16-18H2,1-6H3,(H,26,30)(H,28,29). The maximum Gasteiger partial charge on any atom is 0.347 e. The monoisotopic (exact) mass is 434 g/mol. The zero-order valence-corrected chi connectivity index (χ0v) is 20.3. The molecule has 0 saturated heterocycles. The average molecular weight is 435 g/mol. The Balaban J connectivity index is 2.79.